The van der Waals surface area contributed by atoms with Gasteiger partial charge in [0.15, 0.2) is 5.82 Å². The summed E-state index contributed by atoms with van der Waals surface area (Å²) in [5.74, 6) is 2.09. The first kappa shape index (κ1) is 18.5. The zero-order chi connectivity index (χ0) is 19.3. The highest BCUT2D eigenvalue weighted by Gasteiger charge is 2.19. The monoisotopic (exact) mass is 381 g/mol. The molecular formula is C20H27N7O. The van der Waals surface area contributed by atoms with E-state index in [-0.39, 0.29) is 0 Å². The number of anilines is 4. The molecule has 0 saturated carbocycles. The molecule has 2 aliphatic heterocycles. The number of nitrogens with one attached hydrogen (secondary N) is 1. The van der Waals surface area contributed by atoms with Crippen LogP contribution in [-0.2, 0) is 4.79 Å². The van der Waals surface area contributed by atoms with E-state index in [9.17, 15) is 4.79 Å². The number of carbonyl (C=O) groups is 1. The molecule has 8 nitrogen and oxygen atoms in total. The van der Waals surface area contributed by atoms with Crippen LogP contribution in [0.4, 0.5) is 23.1 Å². The molecule has 2 fully saturated rings. The van der Waals surface area contributed by atoms with Crippen LogP contribution in [0.15, 0.2) is 30.5 Å². The highest BCUT2D eigenvalue weighted by atomic mass is 16.1. The predicted octanol–water partition coefficient (Wildman–Crippen LogP) is 2.13. The van der Waals surface area contributed by atoms with Gasteiger partial charge in [-0.1, -0.05) is 6.92 Å². The Hall–Kier alpha value is -2.90. The fraction of sp³-hybridized carbons (Fsp3) is 0.500. The Kier molecular flexibility index (Phi) is 5.55. The minimum atomic E-state index is 0.592. The summed E-state index contributed by atoms with van der Waals surface area (Å²) in [5.41, 5.74) is 2.25. The topological polar surface area (TPSA) is 77.5 Å². The van der Waals surface area contributed by atoms with Gasteiger partial charge in [0.1, 0.15) is 0 Å². The third-order valence-electron chi connectivity index (χ3n) is 5.58. The minimum absolute atomic E-state index is 0.592. The fourth-order valence-corrected chi connectivity index (χ4v) is 3.69. The molecule has 1 amide bonds. The second-order valence-corrected chi connectivity index (χ2v) is 7.61. The molecule has 4 rings (SSSR count). The van der Waals surface area contributed by atoms with Gasteiger partial charge in [-0.2, -0.15) is 10.1 Å². The molecule has 0 spiro atoms. The zero-order valence-corrected chi connectivity index (χ0v) is 16.3. The van der Waals surface area contributed by atoms with Crippen LogP contribution in [0, 0.1) is 5.92 Å². The van der Waals surface area contributed by atoms with Crippen molar-refractivity contribution in [2.75, 3.05) is 54.4 Å². The van der Waals surface area contributed by atoms with Crippen molar-refractivity contribution in [1.82, 2.24) is 20.1 Å². The highest BCUT2D eigenvalue weighted by molar-refractivity contribution is 5.61. The highest BCUT2D eigenvalue weighted by Crippen LogP contribution is 2.25. The Morgan fingerprint density at radius 1 is 1.00 bits per heavy atom. The molecule has 2 saturated heterocycles. The number of amides is 1. The third kappa shape index (κ3) is 4.32. The molecule has 0 radical (unpaired) electrons. The van der Waals surface area contributed by atoms with Gasteiger partial charge in [0.25, 0.3) is 0 Å². The number of aromatic nitrogens is 3. The van der Waals surface area contributed by atoms with Crippen LogP contribution in [0.2, 0.25) is 0 Å². The smallest absolute Gasteiger partial charge is 0.247 e. The summed E-state index contributed by atoms with van der Waals surface area (Å²) < 4.78 is 0. The van der Waals surface area contributed by atoms with Crippen LogP contribution < -0.4 is 15.1 Å². The SMILES string of the molecule is CC1CCN(c2ccc(Nc3cnnc(N4CCN(C=O)CC4)n3)cc2)CC1. The van der Waals surface area contributed by atoms with Gasteiger partial charge >= 0.3 is 0 Å². The number of hydrogen-bond acceptors (Lipinski definition) is 7. The molecule has 0 atom stereocenters. The Bertz CT molecular complexity index is 781. The van der Waals surface area contributed by atoms with E-state index >= 15 is 0 Å². The number of rotatable bonds is 5. The number of hydrogen-bond donors (Lipinski definition) is 1. The van der Waals surface area contributed by atoms with Gasteiger partial charge in [-0.3, -0.25) is 4.79 Å². The Morgan fingerprint density at radius 3 is 2.39 bits per heavy atom. The molecule has 28 heavy (non-hydrogen) atoms. The van der Waals surface area contributed by atoms with E-state index in [0.29, 0.717) is 37.9 Å². The first-order valence-electron chi connectivity index (χ1n) is 9.97. The number of nitrogens with zero attached hydrogens (tertiary/aromatic N) is 6. The van der Waals surface area contributed by atoms with Gasteiger partial charge < -0.3 is 20.0 Å². The average Bonchev–Trinajstić information content (AvgIpc) is 2.75. The van der Waals surface area contributed by atoms with E-state index in [2.05, 4.69) is 61.5 Å². The second kappa shape index (κ2) is 8.41. The number of carbonyl (C=O) groups excluding carboxylic acids is 1. The van der Waals surface area contributed by atoms with Gasteiger partial charge in [-0.25, -0.2) is 0 Å². The second-order valence-electron chi connectivity index (χ2n) is 7.61. The van der Waals surface area contributed by atoms with Crippen molar-refractivity contribution in [3.63, 3.8) is 0 Å². The summed E-state index contributed by atoms with van der Waals surface area (Å²) in [6, 6.07) is 8.48. The largest absolute Gasteiger partial charge is 0.372 e. The Balaban J connectivity index is 1.38. The van der Waals surface area contributed by atoms with Crippen LogP contribution in [-0.4, -0.2) is 65.8 Å². The molecule has 8 heteroatoms. The van der Waals surface area contributed by atoms with E-state index in [4.69, 9.17) is 0 Å². The molecule has 2 aliphatic rings. The average molecular weight is 381 g/mol. The minimum Gasteiger partial charge on any atom is -0.372 e. The van der Waals surface area contributed by atoms with Crippen LogP contribution in [0.25, 0.3) is 0 Å². The Labute approximate surface area is 165 Å². The number of piperidine rings is 1. The lowest BCUT2D eigenvalue weighted by atomic mass is 9.99. The molecule has 3 heterocycles. The van der Waals surface area contributed by atoms with Gasteiger partial charge in [0, 0.05) is 50.6 Å². The first-order chi connectivity index (χ1) is 13.7. The number of piperazine rings is 1. The third-order valence-corrected chi connectivity index (χ3v) is 5.58. The van der Waals surface area contributed by atoms with E-state index in [0.717, 1.165) is 31.1 Å². The maximum atomic E-state index is 10.9. The summed E-state index contributed by atoms with van der Waals surface area (Å²) in [5, 5.41) is 11.5. The summed E-state index contributed by atoms with van der Waals surface area (Å²) >= 11 is 0. The van der Waals surface area contributed by atoms with Crippen molar-refractivity contribution in [2.45, 2.75) is 19.8 Å². The molecule has 1 aromatic heterocycles. The maximum absolute atomic E-state index is 10.9. The fourth-order valence-electron chi connectivity index (χ4n) is 3.69. The summed E-state index contributed by atoms with van der Waals surface area (Å²) in [4.78, 5) is 21.7. The zero-order valence-electron chi connectivity index (χ0n) is 16.3. The van der Waals surface area contributed by atoms with Gasteiger partial charge in [-0.15, -0.1) is 5.10 Å². The maximum Gasteiger partial charge on any atom is 0.247 e. The van der Waals surface area contributed by atoms with Crippen LogP contribution >= 0.6 is 0 Å². The molecule has 1 aromatic carbocycles. The van der Waals surface area contributed by atoms with E-state index < -0.39 is 0 Å². The molecule has 0 aliphatic carbocycles. The lowest BCUT2D eigenvalue weighted by molar-refractivity contribution is -0.118. The van der Waals surface area contributed by atoms with Crippen molar-refractivity contribution >= 4 is 29.6 Å². The van der Waals surface area contributed by atoms with Crippen LogP contribution in [0.5, 0.6) is 0 Å². The molecule has 2 aromatic rings. The van der Waals surface area contributed by atoms with Crippen molar-refractivity contribution in [3.8, 4) is 0 Å². The predicted molar refractivity (Wildman–Crippen MR) is 110 cm³/mol. The quantitative estimate of drug-likeness (QED) is 0.795. The van der Waals surface area contributed by atoms with Crippen molar-refractivity contribution < 1.29 is 4.79 Å². The molecule has 0 bridgehead atoms. The molecule has 1 N–H and O–H groups in total. The van der Waals surface area contributed by atoms with Crippen molar-refractivity contribution in [3.05, 3.63) is 30.5 Å². The van der Waals surface area contributed by atoms with Gasteiger partial charge in [0.05, 0.1) is 6.20 Å². The lowest BCUT2D eigenvalue weighted by Crippen LogP contribution is -2.46. The van der Waals surface area contributed by atoms with Gasteiger partial charge in [-0.05, 0) is 43.0 Å². The van der Waals surface area contributed by atoms with Crippen molar-refractivity contribution in [2.24, 2.45) is 5.92 Å². The molecule has 0 unspecified atom stereocenters. The summed E-state index contributed by atoms with van der Waals surface area (Å²) in [6.07, 6.45) is 5.04. The van der Waals surface area contributed by atoms with Crippen LogP contribution in [0.1, 0.15) is 19.8 Å². The number of benzene rings is 1. The Morgan fingerprint density at radius 2 is 1.71 bits per heavy atom. The van der Waals surface area contributed by atoms with Crippen molar-refractivity contribution in [1.29, 1.82) is 0 Å². The van der Waals surface area contributed by atoms with E-state index in [1.807, 2.05) is 0 Å². The van der Waals surface area contributed by atoms with Crippen LogP contribution in [0.3, 0.4) is 0 Å². The first-order valence-corrected chi connectivity index (χ1v) is 9.97. The summed E-state index contributed by atoms with van der Waals surface area (Å²) in [7, 11) is 0. The molecular weight excluding hydrogens is 354 g/mol. The lowest BCUT2D eigenvalue weighted by Gasteiger charge is -2.32. The van der Waals surface area contributed by atoms with Gasteiger partial charge in [0.2, 0.25) is 12.4 Å². The summed E-state index contributed by atoms with van der Waals surface area (Å²) in [6.45, 7) is 7.38. The van der Waals surface area contributed by atoms with E-state index in [1.165, 1.54) is 18.5 Å². The normalized spacial score (nSPS) is 18.2. The van der Waals surface area contributed by atoms with E-state index in [1.54, 1.807) is 11.1 Å². The molecule has 148 valence electrons. The standard InChI is InChI=1S/C20H27N7O/c1-16-6-8-26(9-7-16)18-4-2-17(3-5-18)22-19-14-21-24-20(23-19)27-12-10-25(15-28)11-13-27/h2-5,14-16H,6-13H2,1H3,(H,22,23,24).